The quantitative estimate of drug-likeness (QED) is 0.755. The Balaban J connectivity index is 1.78. The van der Waals surface area contributed by atoms with Gasteiger partial charge in [-0.3, -0.25) is 0 Å². The zero-order valence-corrected chi connectivity index (χ0v) is 14.8. The summed E-state index contributed by atoms with van der Waals surface area (Å²) in [5.74, 6) is 0.912. The maximum atomic E-state index is 12.4. The van der Waals surface area contributed by atoms with Crippen molar-refractivity contribution in [2.75, 3.05) is 32.5 Å². The molecule has 1 aromatic carbocycles. The lowest BCUT2D eigenvalue weighted by Crippen LogP contribution is -2.49. The minimum absolute atomic E-state index is 0.0548. The van der Waals surface area contributed by atoms with Crippen LogP contribution >= 0.6 is 0 Å². The molecule has 2 rings (SSSR count). The summed E-state index contributed by atoms with van der Waals surface area (Å²) < 4.78 is 37.0. The zero-order chi connectivity index (χ0) is 16.9. The van der Waals surface area contributed by atoms with E-state index < -0.39 is 10.0 Å². The molecule has 0 saturated carbocycles. The fourth-order valence-corrected chi connectivity index (χ4v) is 4.20. The first-order valence-electron chi connectivity index (χ1n) is 7.87. The predicted molar refractivity (Wildman–Crippen MR) is 90.1 cm³/mol. The second-order valence-corrected chi connectivity index (χ2v) is 8.00. The minimum Gasteiger partial charge on any atom is -0.497 e. The highest BCUT2D eigenvalue weighted by Crippen LogP contribution is 2.15. The van der Waals surface area contributed by atoms with Crippen molar-refractivity contribution >= 4 is 10.0 Å². The third-order valence-electron chi connectivity index (χ3n) is 3.80. The molecule has 0 radical (unpaired) electrons. The number of nitrogens with zero attached hydrogens (tertiary/aromatic N) is 1. The van der Waals surface area contributed by atoms with E-state index in [9.17, 15) is 8.42 Å². The number of hydrogen-bond donors (Lipinski definition) is 1. The molecule has 1 aliphatic heterocycles. The molecule has 1 N–H and O–H groups in total. The Kier molecular flexibility index (Phi) is 6.41. The van der Waals surface area contributed by atoms with Gasteiger partial charge in [0.25, 0.3) is 0 Å². The largest absolute Gasteiger partial charge is 0.497 e. The van der Waals surface area contributed by atoms with Crippen LogP contribution in [-0.4, -0.2) is 57.4 Å². The number of benzene rings is 1. The topological polar surface area (TPSA) is 67.9 Å². The second kappa shape index (κ2) is 8.10. The first-order chi connectivity index (χ1) is 10.9. The number of ether oxygens (including phenoxy) is 2. The molecule has 1 fully saturated rings. The molecular formula is C16H26N2O4S. The van der Waals surface area contributed by atoms with Gasteiger partial charge in [0.15, 0.2) is 0 Å². The van der Waals surface area contributed by atoms with Gasteiger partial charge in [-0.2, -0.15) is 4.31 Å². The molecular weight excluding hydrogens is 316 g/mol. The molecule has 0 amide bonds. The zero-order valence-electron chi connectivity index (χ0n) is 14.0. The Morgan fingerprint density at radius 1 is 1.22 bits per heavy atom. The molecule has 0 aromatic heterocycles. The van der Waals surface area contributed by atoms with Crippen LogP contribution in [0, 0.1) is 0 Å². The van der Waals surface area contributed by atoms with Crippen LogP contribution in [0.5, 0.6) is 5.75 Å². The Labute approximate surface area is 138 Å². The lowest BCUT2D eigenvalue weighted by Gasteiger charge is -2.34. The van der Waals surface area contributed by atoms with Crippen LogP contribution in [0.15, 0.2) is 24.3 Å². The Bertz CT molecular complexity index is 579. The average Bonchev–Trinajstić information content (AvgIpc) is 2.51. The fraction of sp³-hybridized carbons (Fsp3) is 0.625. The maximum Gasteiger partial charge on any atom is 0.215 e. The molecule has 130 valence electrons. The van der Waals surface area contributed by atoms with E-state index in [0.29, 0.717) is 26.2 Å². The maximum absolute atomic E-state index is 12.4. The number of morpholine rings is 1. The van der Waals surface area contributed by atoms with Gasteiger partial charge in [-0.1, -0.05) is 12.1 Å². The molecule has 1 aliphatic rings. The summed E-state index contributed by atoms with van der Waals surface area (Å²) in [6, 6.07) is 7.71. The summed E-state index contributed by atoms with van der Waals surface area (Å²) in [6.45, 7) is 5.74. The molecule has 0 bridgehead atoms. The van der Waals surface area contributed by atoms with E-state index in [1.54, 1.807) is 11.4 Å². The number of rotatable bonds is 7. The van der Waals surface area contributed by atoms with Gasteiger partial charge in [0.2, 0.25) is 10.0 Å². The molecule has 7 heteroatoms. The number of methoxy groups -OCH3 is 1. The Morgan fingerprint density at radius 3 is 2.39 bits per heavy atom. The second-order valence-electron chi connectivity index (χ2n) is 5.92. The van der Waals surface area contributed by atoms with Gasteiger partial charge >= 0.3 is 0 Å². The van der Waals surface area contributed by atoms with Gasteiger partial charge in [-0.15, -0.1) is 0 Å². The summed E-state index contributed by atoms with van der Waals surface area (Å²) in [4.78, 5) is 0. The molecule has 1 heterocycles. The van der Waals surface area contributed by atoms with Crippen molar-refractivity contribution < 1.29 is 17.9 Å². The van der Waals surface area contributed by atoms with Gasteiger partial charge in [-0.05, 0) is 31.5 Å². The third kappa shape index (κ3) is 5.46. The average molecular weight is 342 g/mol. The normalized spacial score (nSPS) is 22.9. The van der Waals surface area contributed by atoms with Gasteiger partial charge in [-0.25, -0.2) is 8.42 Å². The summed E-state index contributed by atoms with van der Waals surface area (Å²) in [6.07, 6.45) is -0.110. The van der Waals surface area contributed by atoms with Crippen LogP contribution in [0.25, 0.3) is 0 Å². The summed E-state index contributed by atoms with van der Waals surface area (Å²) in [7, 11) is -1.61. The van der Waals surface area contributed by atoms with Crippen molar-refractivity contribution in [3.63, 3.8) is 0 Å². The van der Waals surface area contributed by atoms with Crippen LogP contribution in [0.4, 0.5) is 0 Å². The van der Waals surface area contributed by atoms with E-state index in [4.69, 9.17) is 9.47 Å². The first-order valence-corrected chi connectivity index (χ1v) is 9.48. The summed E-state index contributed by atoms with van der Waals surface area (Å²) >= 11 is 0. The molecule has 2 atom stereocenters. The van der Waals surface area contributed by atoms with Crippen molar-refractivity contribution in [3.8, 4) is 5.75 Å². The fourth-order valence-electron chi connectivity index (χ4n) is 2.66. The lowest BCUT2D eigenvalue weighted by atomic mass is 10.2. The van der Waals surface area contributed by atoms with Gasteiger partial charge < -0.3 is 14.8 Å². The van der Waals surface area contributed by atoms with Crippen LogP contribution in [0.1, 0.15) is 19.4 Å². The number of sulfonamides is 1. The summed E-state index contributed by atoms with van der Waals surface area (Å²) in [5.41, 5.74) is 1.09. The summed E-state index contributed by atoms with van der Waals surface area (Å²) in [5, 5.41) is 3.18. The van der Waals surface area contributed by atoms with Crippen molar-refractivity contribution in [2.45, 2.75) is 32.6 Å². The van der Waals surface area contributed by atoms with E-state index in [0.717, 1.165) is 11.3 Å². The molecule has 23 heavy (non-hydrogen) atoms. The minimum atomic E-state index is -3.24. The Morgan fingerprint density at radius 2 is 1.83 bits per heavy atom. The van der Waals surface area contributed by atoms with Crippen LogP contribution in [0.2, 0.25) is 0 Å². The highest BCUT2D eigenvalue weighted by Gasteiger charge is 2.30. The van der Waals surface area contributed by atoms with Crippen molar-refractivity contribution in [1.82, 2.24) is 9.62 Å². The van der Waals surface area contributed by atoms with Gasteiger partial charge in [0, 0.05) is 26.2 Å². The molecule has 0 aliphatic carbocycles. The molecule has 1 aromatic rings. The van der Waals surface area contributed by atoms with Crippen molar-refractivity contribution in [2.24, 2.45) is 0 Å². The monoisotopic (exact) mass is 342 g/mol. The first kappa shape index (κ1) is 18.2. The van der Waals surface area contributed by atoms with Crippen LogP contribution in [0.3, 0.4) is 0 Å². The van der Waals surface area contributed by atoms with Crippen molar-refractivity contribution in [3.05, 3.63) is 29.8 Å². The van der Waals surface area contributed by atoms with Crippen LogP contribution < -0.4 is 10.1 Å². The third-order valence-corrected chi connectivity index (χ3v) is 5.61. The molecule has 0 unspecified atom stereocenters. The highest BCUT2D eigenvalue weighted by atomic mass is 32.2. The molecule has 6 nitrogen and oxygen atoms in total. The lowest BCUT2D eigenvalue weighted by molar-refractivity contribution is -0.0440. The van der Waals surface area contributed by atoms with Gasteiger partial charge in [0.1, 0.15) is 5.75 Å². The van der Waals surface area contributed by atoms with E-state index in [1.807, 2.05) is 38.1 Å². The smallest absolute Gasteiger partial charge is 0.215 e. The standard InChI is InChI=1S/C16H26N2O4S/c1-13-11-18(12-14(2)22-13)23(19,20)9-8-17-10-15-4-6-16(21-3)7-5-15/h4-7,13-14,17H,8-12H2,1-3H3/t13-,14+. The number of hydrogen-bond acceptors (Lipinski definition) is 5. The van der Waals surface area contributed by atoms with Crippen molar-refractivity contribution in [1.29, 1.82) is 0 Å². The number of nitrogens with one attached hydrogen (secondary N) is 1. The van der Waals surface area contributed by atoms with Gasteiger partial charge in [0.05, 0.1) is 25.1 Å². The van der Waals surface area contributed by atoms with E-state index in [2.05, 4.69) is 5.32 Å². The Hall–Kier alpha value is -1.15. The molecule has 1 saturated heterocycles. The van der Waals surface area contributed by atoms with E-state index in [-0.39, 0.29) is 18.0 Å². The van der Waals surface area contributed by atoms with E-state index >= 15 is 0 Å². The molecule has 0 spiro atoms. The van der Waals surface area contributed by atoms with Crippen LogP contribution in [-0.2, 0) is 21.3 Å². The SMILES string of the molecule is COc1ccc(CNCCS(=O)(=O)N2C[C@@H](C)O[C@@H](C)C2)cc1. The predicted octanol–water partition coefficient (Wildman–Crippen LogP) is 1.22. The highest BCUT2D eigenvalue weighted by molar-refractivity contribution is 7.89. The van der Waals surface area contributed by atoms with E-state index in [1.165, 1.54) is 0 Å².